The Labute approximate surface area is 172 Å². The van der Waals surface area contributed by atoms with E-state index in [0.29, 0.717) is 24.4 Å². The van der Waals surface area contributed by atoms with Gasteiger partial charge in [-0.15, -0.1) is 0 Å². The van der Waals surface area contributed by atoms with Gasteiger partial charge >= 0.3 is 0 Å². The van der Waals surface area contributed by atoms with Crippen LogP contribution >= 0.6 is 0 Å². The standard InChI is InChI=1S/C21H22N2O7/c1-28-15-6-4-14(5-7-15)18(24)23-16(20(26)27)13-30-21(23)8-10-22(11-9-21)19(25)17-3-2-12-29-17/h2-7,12,16H,8-11,13H2,1H3,(H,26,27)/p-1/t16-/m1/s1. The lowest BCUT2D eigenvalue weighted by molar-refractivity contribution is -0.310. The summed E-state index contributed by atoms with van der Waals surface area (Å²) in [6.07, 6.45) is 1.99. The summed E-state index contributed by atoms with van der Waals surface area (Å²) in [4.78, 5) is 40.4. The number of carbonyl (C=O) groups excluding carboxylic acids is 3. The molecule has 1 aromatic heterocycles. The highest BCUT2D eigenvalue weighted by Gasteiger charge is 2.52. The van der Waals surface area contributed by atoms with E-state index in [-0.39, 0.29) is 31.1 Å². The van der Waals surface area contributed by atoms with E-state index in [1.54, 1.807) is 41.3 Å². The van der Waals surface area contributed by atoms with Crippen LogP contribution in [-0.4, -0.2) is 66.2 Å². The zero-order valence-electron chi connectivity index (χ0n) is 16.4. The number of rotatable bonds is 4. The Hall–Kier alpha value is -3.33. The number of benzene rings is 1. The number of piperidine rings is 1. The van der Waals surface area contributed by atoms with Crippen molar-refractivity contribution in [3.8, 4) is 5.75 Å². The van der Waals surface area contributed by atoms with Crippen LogP contribution in [0.1, 0.15) is 33.8 Å². The highest BCUT2D eigenvalue weighted by molar-refractivity contribution is 5.97. The Morgan fingerprint density at radius 1 is 1.10 bits per heavy atom. The first-order valence-corrected chi connectivity index (χ1v) is 9.60. The highest BCUT2D eigenvalue weighted by Crippen LogP contribution is 2.38. The molecule has 30 heavy (non-hydrogen) atoms. The average Bonchev–Trinajstić information content (AvgIpc) is 3.42. The first kappa shape index (κ1) is 20.0. The highest BCUT2D eigenvalue weighted by atomic mass is 16.5. The Bertz CT molecular complexity index is 931. The molecule has 1 aromatic carbocycles. The number of likely N-dealkylation sites (tertiary alicyclic amines) is 1. The van der Waals surface area contributed by atoms with Gasteiger partial charge in [-0.3, -0.25) is 14.5 Å². The molecule has 0 unspecified atom stereocenters. The van der Waals surface area contributed by atoms with Crippen molar-refractivity contribution in [1.29, 1.82) is 0 Å². The van der Waals surface area contributed by atoms with Crippen molar-refractivity contribution in [2.75, 3.05) is 26.8 Å². The first-order chi connectivity index (χ1) is 14.4. The molecule has 4 rings (SSSR count). The summed E-state index contributed by atoms with van der Waals surface area (Å²) < 4.78 is 16.1. The van der Waals surface area contributed by atoms with E-state index in [1.165, 1.54) is 18.3 Å². The van der Waals surface area contributed by atoms with Crippen molar-refractivity contribution >= 4 is 17.8 Å². The molecule has 2 fully saturated rings. The lowest BCUT2D eigenvalue weighted by Gasteiger charge is -2.44. The van der Waals surface area contributed by atoms with Gasteiger partial charge in [0.15, 0.2) is 5.76 Å². The van der Waals surface area contributed by atoms with Gasteiger partial charge in [0.05, 0.1) is 32.0 Å². The molecule has 9 heteroatoms. The maximum atomic E-state index is 13.3. The SMILES string of the molecule is COc1ccc(C(=O)N2[C@@H](C(=O)[O-])COC23CCN(C(=O)c2ccco2)CC3)cc1. The molecule has 2 amide bonds. The summed E-state index contributed by atoms with van der Waals surface area (Å²) in [5, 5.41) is 11.7. The molecular weight excluding hydrogens is 392 g/mol. The van der Waals surface area contributed by atoms with Crippen LogP contribution in [0.4, 0.5) is 0 Å². The van der Waals surface area contributed by atoms with Crippen LogP contribution in [0, 0.1) is 0 Å². The lowest BCUT2D eigenvalue weighted by atomic mass is 9.96. The Kier molecular flexibility index (Phi) is 5.21. The van der Waals surface area contributed by atoms with E-state index >= 15 is 0 Å². The second kappa shape index (κ2) is 7.83. The van der Waals surface area contributed by atoms with Gasteiger partial charge in [0, 0.05) is 31.5 Å². The quantitative estimate of drug-likeness (QED) is 0.718. The predicted octanol–water partition coefficient (Wildman–Crippen LogP) is 0.512. The van der Waals surface area contributed by atoms with E-state index in [2.05, 4.69) is 0 Å². The Morgan fingerprint density at radius 2 is 1.80 bits per heavy atom. The first-order valence-electron chi connectivity index (χ1n) is 9.60. The molecule has 0 N–H and O–H groups in total. The van der Waals surface area contributed by atoms with Gasteiger partial charge in [-0.1, -0.05) is 0 Å². The Balaban J connectivity index is 1.56. The van der Waals surface area contributed by atoms with Crippen LogP contribution in [0.15, 0.2) is 47.1 Å². The molecule has 0 saturated carbocycles. The van der Waals surface area contributed by atoms with Gasteiger partial charge in [-0.05, 0) is 36.4 Å². The van der Waals surface area contributed by atoms with Crippen LogP contribution < -0.4 is 9.84 Å². The van der Waals surface area contributed by atoms with Crippen LogP contribution in [0.2, 0.25) is 0 Å². The number of ether oxygens (including phenoxy) is 2. The van der Waals surface area contributed by atoms with E-state index in [9.17, 15) is 19.5 Å². The topological polar surface area (TPSA) is 112 Å². The minimum atomic E-state index is -1.37. The maximum absolute atomic E-state index is 13.3. The fourth-order valence-corrected chi connectivity index (χ4v) is 4.04. The predicted molar refractivity (Wildman–Crippen MR) is 100 cm³/mol. The third-order valence-corrected chi connectivity index (χ3v) is 5.65. The van der Waals surface area contributed by atoms with Crippen molar-refractivity contribution in [1.82, 2.24) is 9.80 Å². The van der Waals surface area contributed by atoms with Crippen molar-refractivity contribution in [3.63, 3.8) is 0 Å². The number of hydrogen-bond donors (Lipinski definition) is 0. The van der Waals surface area contributed by atoms with E-state index in [0.717, 1.165) is 0 Å². The normalized spacial score (nSPS) is 20.4. The van der Waals surface area contributed by atoms with Crippen molar-refractivity contribution in [3.05, 3.63) is 54.0 Å². The van der Waals surface area contributed by atoms with Gasteiger partial charge in [-0.2, -0.15) is 0 Å². The molecule has 2 aromatic rings. The fourth-order valence-electron chi connectivity index (χ4n) is 4.04. The molecule has 0 radical (unpaired) electrons. The van der Waals surface area contributed by atoms with Gasteiger partial charge in [0.25, 0.3) is 11.8 Å². The van der Waals surface area contributed by atoms with Crippen molar-refractivity contribution < 1.29 is 33.4 Å². The molecule has 0 aliphatic carbocycles. The molecule has 1 atom stereocenters. The largest absolute Gasteiger partial charge is 0.548 e. The fraction of sp³-hybridized carbons (Fsp3) is 0.381. The van der Waals surface area contributed by atoms with Gasteiger partial charge in [-0.25, -0.2) is 0 Å². The summed E-state index contributed by atoms with van der Waals surface area (Å²) in [5.74, 6) is -1.27. The van der Waals surface area contributed by atoms with E-state index in [4.69, 9.17) is 13.9 Å². The summed E-state index contributed by atoms with van der Waals surface area (Å²) in [5.41, 5.74) is -0.789. The van der Waals surface area contributed by atoms with Crippen LogP contribution in [-0.2, 0) is 9.53 Å². The number of furan rings is 1. The van der Waals surface area contributed by atoms with Crippen molar-refractivity contribution in [2.45, 2.75) is 24.6 Å². The van der Waals surface area contributed by atoms with Crippen molar-refractivity contribution in [2.24, 2.45) is 0 Å². The van der Waals surface area contributed by atoms with Gasteiger partial charge < -0.3 is 28.7 Å². The average molecular weight is 413 g/mol. The van der Waals surface area contributed by atoms with E-state index < -0.39 is 23.6 Å². The molecular formula is C21H21N2O7-. The molecule has 0 bridgehead atoms. The minimum absolute atomic E-state index is 0.156. The molecule has 9 nitrogen and oxygen atoms in total. The number of aliphatic carboxylic acids is 1. The smallest absolute Gasteiger partial charge is 0.289 e. The number of nitrogens with zero attached hydrogens (tertiary/aromatic N) is 2. The molecule has 2 aliphatic heterocycles. The van der Waals surface area contributed by atoms with Gasteiger partial charge in [0.1, 0.15) is 11.5 Å². The summed E-state index contributed by atoms with van der Waals surface area (Å²) in [6.45, 7) is 0.438. The van der Waals surface area contributed by atoms with Crippen LogP contribution in [0.5, 0.6) is 5.75 Å². The van der Waals surface area contributed by atoms with Gasteiger partial charge in [0.2, 0.25) is 0 Å². The maximum Gasteiger partial charge on any atom is 0.289 e. The number of methoxy groups -OCH3 is 1. The number of hydrogen-bond acceptors (Lipinski definition) is 7. The number of carboxylic acids is 1. The minimum Gasteiger partial charge on any atom is -0.548 e. The molecule has 158 valence electrons. The zero-order valence-corrected chi connectivity index (χ0v) is 16.4. The zero-order chi connectivity index (χ0) is 21.3. The Morgan fingerprint density at radius 3 is 2.37 bits per heavy atom. The monoisotopic (exact) mass is 413 g/mol. The molecule has 1 spiro atoms. The summed E-state index contributed by atoms with van der Waals surface area (Å²) in [7, 11) is 1.52. The second-order valence-corrected chi connectivity index (χ2v) is 7.27. The third-order valence-electron chi connectivity index (χ3n) is 5.65. The summed E-state index contributed by atoms with van der Waals surface area (Å²) in [6, 6.07) is 8.45. The second-order valence-electron chi connectivity index (χ2n) is 7.27. The number of amides is 2. The van der Waals surface area contributed by atoms with E-state index in [1.807, 2.05) is 0 Å². The molecule has 2 aliphatic rings. The molecule has 3 heterocycles. The third kappa shape index (κ3) is 3.41. The summed E-state index contributed by atoms with van der Waals surface area (Å²) >= 11 is 0. The van der Waals surface area contributed by atoms with Crippen LogP contribution in [0.25, 0.3) is 0 Å². The molecule has 2 saturated heterocycles. The van der Waals surface area contributed by atoms with Crippen LogP contribution in [0.3, 0.4) is 0 Å². The number of carboxylic acid groups (broad SMARTS) is 1. The lowest BCUT2D eigenvalue weighted by Crippen LogP contribution is -2.60. The number of carbonyl (C=O) groups is 3.